The number of benzene rings is 2. The molecule has 1 saturated heterocycles. The van der Waals surface area contributed by atoms with Crippen LogP contribution in [0.25, 0.3) is 0 Å². The second-order valence-corrected chi connectivity index (χ2v) is 8.06. The van der Waals surface area contributed by atoms with Crippen LogP contribution in [0.15, 0.2) is 60.7 Å². The zero-order valence-corrected chi connectivity index (χ0v) is 17.7. The van der Waals surface area contributed by atoms with Gasteiger partial charge in [0.1, 0.15) is 12.6 Å². The summed E-state index contributed by atoms with van der Waals surface area (Å²) in [6, 6.07) is 17.0. The van der Waals surface area contributed by atoms with Crippen LogP contribution in [0.2, 0.25) is 0 Å². The van der Waals surface area contributed by atoms with E-state index in [4.69, 9.17) is 4.74 Å². The number of nitrogens with one attached hydrogen (secondary N) is 1. The fourth-order valence-corrected chi connectivity index (χ4v) is 3.69. The van der Waals surface area contributed by atoms with Crippen LogP contribution in [-0.2, 0) is 27.4 Å². The Labute approximate surface area is 182 Å². The summed E-state index contributed by atoms with van der Waals surface area (Å²) in [7, 11) is 0. The molecular formula is C24H28N2O5. The van der Waals surface area contributed by atoms with Crippen molar-refractivity contribution in [3.05, 3.63) is 71.8 Å². The lowest BCUT2D eigenvalue weighted by Crippen LogP contribution is -2.55. The maximum atomic E-state index is 13.3. The van der Waals surface area contributed by atoms with Gasteiger partial charge in [0, 0.05) is 0 Å². The lowest BCUT2D eigenvalue weighted by atomic mass is 9.99. The van der Waals surface area contributed by atoms with Gasteiger partial charge in [-0.2, -0.15) is 0 Å². The molecule has 164 valence electrons. The molecule has 0 bridgehead atoms. The summed E-state index contributed by atoms with van der Waals surface area (Å²) >= 11 is 0. The average molecular weight is 424 g/mol. The number of nitrogens with zero attached hydrogens (tertiary/aromatic N) is 1. The van der Waals surface area contributed by atoms with Gasteiger partial charge in [0.2, 0.25) is 5.91 Å². The monoisotopic (exact) mass is 424 g/mol. The fourth-order valence-electron chi connectivity index (χ4n) is 3.69. The first-order valence-electron chi connectivity index (χ1n) is 10.4. The number of carbonyl (C=O) groups is 3. The van der Waals surface area contributed by atoms with E-state index in [1.54, 1.807) is 13.8 Å². The van der Waals surface area contributed by atoms with E-state index >= 15 is 0 Å². The van der Waals surface area contributed by atoms with Gasteiger partial charge in [0.15, 0.2) is 0 Å². The molecule has 0 aliphatic carbocycles. The summed E-state index contributed by atoms with van der Waals surface area (Å²) in [5, 5.41) is 13.0. The summed E-state index contributed by atoms with van der Waals surface area (Å²) < 4.78 is 5.24. The molecule has 7 heteroatoms. The van der Waals surface area contributed by atoms with Crippen molar-refractivity contribution in [2.75, 3.05) is 0 Å². The molecule has 3 rings (SSSR count). The van der Waals surface area contributed by atoms with E-state index in [-0.39, 0.29) is 18.9 Å². The maximum absolute atomic E-state index is 13.3. The number of ether oxygens (including phenoxy) is 1. The van der Waals surface area contributed by atoms with Crippen LogP contribution in [-0.4, -0.2) is 46.1 Å². The predicted octanol–water partition coefficient (Wildman–Crippen LogP) is 2.67. The predicted molar refractivity (Wildman–Crippen MR) is 115 cm³/mol. The van der Waals surface area contributed by atoms with Crippen LogP contribution in [0.4, 0.5) is 4.79 Å². The van der Waals surface area contributed by atoms with Crippen LogP contribution < -0.4 is 5.32 Å². The molecule has 1 heterocycles. The molecule has 1 aliphatic rings. The van der Waals surface area contributed by atoms with Crippen molar-refractivity contribution in [1.29, 1.82) is 0 Å². The molecule has 2 aromatic carbocycles. The average Bonchev–Trinajstić information content (AvgIpc) is 3.04. The van der Waals surface area contributed by atoms with E-state index in [1.807, 2.05) is 60.7 Å². The number of amides is 3. The van der Waals surface area contributed by atoms with Gasteiger partial charge < -0.3 is 15.2 Å². The van der Waals surface area contributed by atoms with E-state index in [0.717, 1.165) is 16.0 Å². The Morgan fingerprint density at radius 3 is 2.23 bits per heavy atom. The first-order chi connectivity index (χ1) is 14.9. The number of hydrogen-bond acceptors (Lipinski definition) is 5. The summed E-state index contributed by atoms with van der Waals surface area (Å²) in [5.41, 5.74) is 1.74. The highest BCUT2D eigenvalue weighted by atomic mass is 16.5. The fraction of sp³-hybridized carbons (Fsp3) is 0.375. The van der Waals surface area contributed by atoms with Crippen LogP contribution in [0.3, 0.4) is 0 Å². The van der Waals surface area contributed by atoms with Gasteiger partial charge >= 0.3 is 6.09 Å². The summed E-state index contributed by atoms with van der Waals surface area (Å²) in [6.45, 7) is 3.64. The van der Waals surface area contributed by atoms with Crippen molar-refractivity contribution in [2.45, 2.75) is 51.5 Å². The zero-order chi connectivity index (χ0) is 22.4. The lowest BCUT2D eigenvalue weighted by molar-refractivity contribution is -0.146. The third-order valence-electron chi connectivity index (χ3n) is 5.37. The third kappa shape index (κ3) is 5.70. The molecule has 2 aromatic rings. The smallest absolute Gasteiger partial charge is 0.408 e. The van der Waals surface area contributed by atoms with Crippen molar-refractivity contribution in [1.82, 2.24) is 10.2 Å². The van der Waals surface area contributed by atoms with Crippen molar-refractivity contribution in [3.63, 3.8) is 0 Å². The van der Waals surface area contributed by atoms with Gasteiger partial charge in [-0.05, 0) is 23.5 Å². The Bertz CT molecular complexity index is 901. The second kappa shape index (κ2) is 10.2. The molecule has 0 radical (unpaired) electrons. The minimum Gasteiger partial charge on any atom is -0.445 e. The highest BCUT2D eigenvalue weighted by Gasteiger charge is 2.45. The molecule has 0 saturated carbocycles. The van der Waals surface area contributed by atoms with Gasteiger partial charge in [-0.3, -0.25) is 14.5 Å². The molecule has 3 amide bonds. The van der Waals surface area contributed by atoms with Gasteiger partial charge in [0.05, 0.1) is 18.6 Å². The topological polar surface area (TPSA) is 95.9 Å². The van der Waals surface area contributed by atoms with Crippen LogP contribution in [0, 0.1) is 5.92 Å². The van der Waals surface area contributed by atoms with Gasteiger partial charge in [0.25, 0.3) is 5.91 Å². The first-order valence-corrected chi connectivity index (χ1v) is 10.4. The van der Waals surface area contributed by atoms with E-state index in [2.05, 4.69) is 5.32 Å². The first kappa shape index (κ1) is 22.5. The van der Waals surface area contributed by atoms with Gasteiger partial charge in [-0.15, -0.1) is 0 Å². The molecule has 1 aliphatic heterocycles. The molecule has 0 unspecified atom stereocenters. The normalized spacial score (nSPS) is 19.4. The Balaban J connectivity index is 1.69. The van der Waals surface area contributed by atoms with Crippen LogP contribution in [0.5, 0.6) is 0 Å². The Morgan fingerprint density at radius 1 is 1.06 bits per heavy atom. The largest absolute Gasteiger partial charge is 0.445 e. The van der Waals surface area contributed by atoms with Gasteiger partial charge in [-0.25, -0.2) is 4.79 Å². The number of hydrogen-bond donors (Lipinski definition) is 2. The third-order valence-corrected chi connectivity index (χ3v) is 5.37. The Morgan fingerprint density at radius 2 is 1.65 bits per heavy atom. The van der Waals surface area contributed by atoms with E-state index < -0.39 is 36.1 Å². The zero-order valence-electron chi connectivity index (χ0n) is 17.7. The quantitative estimate of drug-likeness (QED) is 0.712. The molecule has 31 heavy (non-hydrogen) atoms. The summed E-state index contributed by atoms with van der Waals surface area (Å²) in [6.07, 6.45) is -1.45. The number of imide groups is 1. The number of aliphatic hydroxyl groups excluding tert-OH is 1. The summed E-state index contributed by atoms with van der Waals surface area (Å²) in [4.78, 5) is 39.3. The van der Waals surface area contributed by atoms with Gasteiger partial charge in [-0.1, -0.05) is 74.5 Å². The second-order valence-electron chi connectivity index (χ2n) is 8.06. The standard InChI is InChI=1S/C24H28N2O5/c1-16(2)22(25-24(30)31-15-18-11-7-4-8-12-18)23(29)26-19(20(27)14-21(26)28)13-17-9-5-3-6-10-17/h3-12,16,19-20,22,27H,13-15H2,1-2H3,(H,25,30)/t19-,20+,22-/m0/s1. The molecular weight excluding hydrogens is 396 g/mol. The minimum atomic E-state index is -0.950. The number of carbonyl (C=O) groups excluding carboxylic acids is 3. The molecule has 0 spiro atoms. The van der Waals surface area contributed by atoms with Crippen LogP contribution in [0.1, 0.15) is 31.4 Å². The number of aliphatic hydroxyl groups is 1. The molecule has 7 nitrogen and oxygen atoms in total. The number of alkyl carbamates (subject to hydrolysis) is 1. The lowest BCUT2D eigenvalue weighted by Gasteiger charge is -2.30. The van der Waals surface area contributed by atoms with Crippen molar-refractivity contribution >= 4 is 17.9 Å². The molecule has 3 atom stereocenters. The molecule has 2 N–H and O–H groups in total. The van der Waals surface area contributed by atoms with Crippen molar-refractivity contribution < 1.29 is 24.2 Å². The van der Waals surface area contributed by atoms with E-state index in [0.29, 0.717) is 6.42 Å². The summed E-state index contributed by atoms with van der Waals surface area (Å²) in [5.74, 6) is -1.25. The van der Waals surface area contributed by atoms with E-state index in [1.165, 1.54) is 0 Å². The maximum Gasteiger partial charge on any atom is 0.408 e. The number of rotatable bonds is 7. The highest BCUT2D eigenvalue weighted by molar-refractivity contribution is 6.01. The van der Waals surface area contributed by atoms with E-state index in [9.17, 15) is 19.5 Å². The van der Waals surface area contributed by atoms with Crippen molar-refractivity contribution in [2.24, 2.45) is 5.92 Å². The Kier molecular flexibility index (Phi) is 7.41. The van der Waals surface area contributed by atoms with Crippen molar-refractivity contribution in [3.8, 4) is 0 Å². The number of likely N-dealkylation sites (tertiary alicyclic amines) is 1. The molecule has 0 aromatic heterocycles. The Hall–Kier alpha value is -3.19. The highest BCUT2D eigenvalue weighted by Crippen LogP contribution is 2.25. The van der Waals surface area contributed by atoms with Crippen LogP contribution >= 0.6 is 0 Å². The minimum absolute atomic E-state index is 0.0731. The molecule has 1 fully saturated rings. The SMILES string of the molecule is CC(C)[C@H](NC(=O)OCc1ccccc1)C(=O)N1C(=O)C[C@@H](O)[C@@H]1Cc1ccccc1.